The lowest BCUT2D eigenvalue weighted by Crippen LogP contribution is -2.36. The van der Waals surface area contributed by atoms with E-state index >= 15 is 0 Å². The third-order valence-electron chi connectivity index (χ3n) is 2.74. The summed E-state index contributed by atoms with van der Waals surface area (Å²) >= 11 is 1.53. The van der Waals surface area contributed by atoms with E-state index in [0.29, 0.717) is 6.04 Å². The van der Waals surface area contributed by atoms with E-state index in [9.17, 15) is 4.79 Å². The summed E-state index contributed by atoms with van der Waals surface area (Å²) in [6.07, 6.45) is 5.06. The molecule has 1 atom stereocenters. The predicted molar refractivity (Wildman–Crippen MR) is 59.8 cm³/mol. The van der Waals surface area contributed by atoms with Gasteiger partial charge in [0.2, 0.25) is 0 Å². The number of carbonyl (C=O) groups is 1. The minimum Gasteiger partial charge on any atom is -0.481 e. The smallest absolute Gasteiger partial charge is 0.313 e. The predicted octanol–water partition coefficient (Wildman–Crippen LogP) is 1.68. The highest BCUT2D eigenvalue weighted by molar-refractivity contribution is 7.99. The summed E-state index contributed by atoms with van der Waals surface area (Å²) in [5, 5.41) is 8.47. The number of carboxylic acids is 1. The number of likely N-dealkylation sites (tertiary alicyclic amines) is 1. The molecule has 0 aromatic rings. The molecule has 0 saturated carbocycles. The van der Waals surface area contributed by atoms with E-state index in [1.165, 1.54) is 37.6 Å². The average Bonchev–Trinajstić information content (AvgIpc) is 2.15. The van der Waals surface area contributed by atoms with Crippen molar-refractivity contribution < 1.29 is 9.90 Å². The molecule has 1 heterocycles. The van der Waals surface area contributed by atoms with Gasteiger partial charge in [0.15, 0.2) is 0 Å². The highest BCUT2D eigenvalue weighted by atomic mass is 32.2. The summed E-state index contributed by atoms with van der Waals surface area (Å²) in [7, 11) is 2.17. The Hall–Kier alpha value is -0.220. The number of carboxylic acid groups (broad SMARTS) is 1. The van der Waals surface area contributed by atoms with Crippen LogP contribution in [0.5, 0.6) is 0 Å². The molecule has 0 aliphatic carbocycles. The van der Waals surface area contributed by atoms with Gasteiger partial charge in [-0.2, -0.15) is 11.8 Å². The number of aliphatic carboxylic acids is 1. The first kappa shape index (κ1) is 11.9. The van der Waals surface area contributed by atoms with Gasteiger partial charge in [-0.05, 0) is 38.6 Å². The van der Waals surface area contributed by atoms with Crippen molar-refractivity contribution in [1.82, 2.24) is 4.90 Å². The van der Waals surface area contributed by atoms with Gasteiger partial charge in [-0.15, -0.1) is 0 Å². The quantitative estimate of drug-likeness (QED) is 0.711. The molecule has 0 aromatic carbocycles. The molecule has 14 heavy (non-hydrogen) atoms. The standard InChI is InChI=1S/C10H19NO2S/c1-11-6-3-2-4-9(11)5-7-14-8-10(12)13/h9H,2-8H2,1H3,(H,12,13). The Kier molecular flexibility index (Phi) is 5.33. The van der Waals surface area contributed by atoms with Crippen LogP contribution in [0.15, 0.2) is 0 Å². The van der Waals surface area contributed by atoms with E-state index in [1.807, 2.05) is 0 Å². The highest BCUT2D eigenvalue weighted by Crippen LogP contribution is 2.19. The second kappa shape index (κ2) is 6.30. The van der Waals surface area contributed by atoms with Crippen molar-refractivity contribution in [1.29, 1.82) is 0 Å². The number of hydrogen-bond acceptors (Lipinski definition) is 3. The summed E-state index contributed by atoms with van der Waals surface area (Å²) in [6, 6.07) is 0.685. The number of rotatable bonds is 5. The molecule has 82 valence electrons. The van der Waals surface area contributed by atoms with Crippen molar-refractivity contribution in [3.63, 3.8) is 0 Å². The van der Waals surface area contributed by atoms with Gasteiger partial charge in [0.1, 0.15) is 0 Å². The lowest BCUT2D eigenvalue weighted by atomic mass is 10.0. The summed E-state index contributed by atoms with van der Waals surface area (Å²) in [4.78, 5) is 12.7. The Balaban J connectivity index is 2.07. The molecule has 1 unspecified atom stereocenters. The van der Waals surface area contributed by atoms with Crippen molar-refractivity contribution in [2.75, 3.05) is 25.1 Å². The fraction of sp³-hybridized carbons (Fsp3) is 0.900. The Morgan fingerprint density at radius 2 is 2.36 bits per heavy atom. The molecule has 0 bridgehead atoms. The van der Waals surface area contributed by atoms with Crippen LogP contribution in [0.3, 0.4) is 0 Å². The molecule has 0 spiro atoms. The van der Waals surface area contributed by atoms with Crippen LogP contribution in [0.1, 0.15) is 25.7 Å². The van der Waals surface area contributed by atoms with Gasteiger partial charge >= 0.3 is 5.97 Å². The normalized spacial score (nSPS) is 23.6. The fourth-order valence-corrected chi connectivity index (χ4v) is 2.65. The average molecular weight is 217 g/mol. The molecule has 3 nitrogen and oxygen atoms in total. The Bertz CT molecular complexity index is 187. The first-order valence-corrected chi connectivity index (χ1v) is 6.35. The fourth-order valence-electron chi connectivity index (χ4n) is 1.89. The molecule has 0 radical (unpaired) electrons. The van der Waals surface area contributed by atoms with Crippen LogP contribution in [0.25, 0.3) is 0 Å². The third kappa shape index (κ3) is 4.33. The van der Waals surface area contributed by atoms with E-state index in [2.05, 4.69) is 11.9 Å². The molecule has 0 amide bonds. The van der Waals surface area contributed by atoms with E-state index in [1.54, 1.807) is 0 Å². The molecule has 0 aromatic heterocycles. The zero-order valence-electron chi connectivity index (χ0n) is 8.74. The van der Waals surface area contributed by atoms with Crippen molar-refractivity contribution in [3.05, 3.63) is 0 Å². The van der Waals surface area contributed by atoms with Crippen LogP contribution in [0, 0.1) is 0 Å². The maximum Gasteiger partial charge on any atom is 0.313 e. The summed E-state index contributed by atoms with van der Waals surface area (Å²) in [5.41, 5.74) is 0. The Labute approximate surface area is 89.9 Å². The van der Waals surface area contributed by atoms with Gasteiger partial charge in [-0.25, -0.2) is 0 Å². The van der Waals surface area contributed by atoms with Crippen LogP contribution in [-0.2, 0) is 4.79 Å². The Morgan fingerprint density at radius 1 is 1.57 bits per heavy atom. The van der Waals surface area contributed by atoms with Crippen LogP contribution in [0.2, 0.25) is 0 Å². The topological polar surface area (TPSA) is 40.5 Å². The molecular formula is C10H19NO2S. The first-order chi connectivity index (χ1) is 6.70. The van der Waals surface area contributed by atoms with Crippen LogP contribution in [0.4, 0.5) is 0 Å². The summed E-state index contributed by atoms with van der Waals surface area (Å²) in [6.45, 7) is 1.20. The molecule has 1 N–H and O–H groups in total. The molecule has 1 rings (SSSR count). The van der Waals surface area contributed by atoms with Crippen molar-refractivity contribution in [2.45, 2.75) is 31.7 Å². The summed E-state index contributed by atoms with van der Waals surface area (Å²) in [5.74, 6) is 0.518. The molecule has 1 aliphatic heterocycles. The molecule has 1 saturated heterocycles. The Morgan fingerprint density at radius 3 is 3.00 bits per heavy atom. The highest BCUT2D eigenvalue weighted by Gasteiger charge is 2.17. The lowest BCUT2D eigenvalue weighted by Gasteiger charge is -2.32. The van der Waals surface area contributed by atoms with Gasteiger partial charge in [-0.3, -0.25) is 4.79 Å². The van der Waals surface area contributed by atoms with Crippen LogP contribution >= 0.6 is 11.8 Å². The third-order valence-corrected chi connectivity index (χ3v) is 3.72. The van der Waals surface area contributed by atoms with Crippen LogP contribution < -0.4 is 0 Å². The van der Waals surface area contributed by atoms with E-state index in [4.69, 9.17) is 5.11 Å². The number of piperidine rings is 1. The molecule has 1 fully saturated rings. The van der Waals surface area contributed by atoms with E-state index in [-0.39, 0.29) is 5.75 Å². The minimum atomic E-state index is -0.702. The van der Waals surface area contributed by atoms with Gasteiger partial charge in [0.05, 0.1) is 5.75 Å². The molecule has 1 aliphatic rings. The monoisotopic (exact) mass is 217 g/mol. The number of hydrogen-bond donors (Lipinski definition) is 1. The van der Waals surface area contributed by atoms with E-state index < -0.39 is 5.97 Å². The number of nitrogens with zero attached hydrogens (tertiary/aromatic N) is 1. The van der Waals surface area contributed by atoms with Crippen molar-refractivity contribution in [2.24, 2.45) is 0 Å². The largest absolute Gasteiger partial charge is 0.481 e. The molecular weight excluding hydrogens is 198 g/mol. The zero-order valence-corrected chi connectivity index (χ0v) is 9.55. The second-order valence-corrected chi connectivity index (χ2v) is 4.97. The first-order valence-electron chi connectivity index (χ1n) is 5.20. The van der Waals surface area contributed by atoms with Gasteiger partial charge < -0.3 is 10.0 Å². The SMILES string of the molecule is CN1CCCCC1CCSCC(=O)O. The van der Waals surface area contributed by atoms with Crippen molar-refractivity contribution in [3.8, 4) is 0 Å². The lowest BCUT2D eigenvalue weighted by molar-refractivity contribution is -0.133. The van der Waals surface area contributed by atoms with E-state index in [0.717, 1.165) is 12.2 Å². The summed E-state index contributed by atoms with van der Waals surface area (Å²) < 4.78 is 0. The maximum atomic E-state index is 10.3. The second-order valence-electron chi connectivity index (χ2n) is 3.87. The number of thioether (sulfide) groups is 1. The van der Waals surface area contributed by atoms with Crippen LogP contribution in [-0.4, -0.2) is 47.1 Å². The van der Waals surface area contributed by atoms with Crippen molar-refractivity contribution >= 4 is 17.7 Å². The van der Waals surface area contributed by atoms with Gasteiger partial charge in [0, 0.05) is 6.04 Å². The van der Waals surface area contributed by atoms with Gasteiger partial charge in [0.25, 0.3) is 0 Å². The minimum absolute atomic E-state index is 0.246. The maximum absolute atomic E-state index is 10.3. The zero-order chi connectivity index (χ0) is 10.4. The molecule has 4 heteroatoms. The van der Waals surface area contributed by atoms with Gasteiger partial charge in [-0.1, -0.05) is 6.42 Å².